The number of fused-ring (bicyclic) bond motifs is 1. The van der Waals surface area contributed by atoms with Gasteiger partial charge in [-0.3, -0.25) is 9.80 Å². The molecule has 2 heterocycles. The molecule has 7 heteroatoms. The Morgan fingerprint density at radius 3 is 2.36 bits per heavy atom. The molecule has 0 unspecified atom stereocenters. The van der Waals surface area contributed by atoms with Gasteiger partial charge < -0.3 is 0 Å². The molecule has 4 rings (SSSR count). The first-order valence-electron chi connectivity index (χ1n) is 8.01. The summed E-state index contributed by atoms with van der Waals surface area (Å²) in [5, 5.41) is 0. The Hall–Kier alpha value is -1.86. The fourth-order valence-electron chi connectivity index (χ4n) is 3.75. The van der Waals surface area contributed by atoms with E-state index >= 15 is 0 Å². The van der Waals surface area contributed by atoms with Crippen LogP contribution >= 0.6 is 15.9 Å². The van der Waals surface area contributed by atoms with Crippen LogP contribution in [-0.4, -0.2) is 38.0 Å². The van der Waals surface area contributed by atoms with Crippen molar-refractivity contribution in [1.82, 2.24) is 0 Å². The van der Waals surface area contributed by atoms with Crippen LogP contribution in [0, 0.1) is 6.92 Å². The maximum absolute atomic E-state index is 13.2. The average molecular weight is 421 g/mol. The van der Waals surface area contributed by atoms with Gasteiger partial charge in [0, 0.05) is 15.8 Å². The lowest BCUT2D eigenvalue weighted by Gasteiger charge is -2.24. The third kappa shape index (κ3) is 2.75. The number of hydrogen-bond acceptors (Lipinski definition) is 3. The number of sulfone groups is 1. The van der Waals surface area contributed by atoms with Crippen LogP contribution in [0.1, 0.15) is 5.56 Å². The van der Waals surface area contributed by atoms with Crippen molar-refractivity contribution in [2.24, 2.45) is 0 Å². The van der Waals surface area contributed by atoms with Crippen LogP contribution in [-0.2, 0) is 9.84 Å². The molecule has 0 N–H and O–H groups in total. The van der Waals surface area contributed by atoms with E-state index in [0.29, 0.717) is 5.69 Å². The molecule has 2 aliphatic rings. The van der Waals surface area contributed by atoms with Gasteiger partial charge in [0.05, 0.1) is 23.6 Å². The molecule has 0 aromatic heterocycles. The second kappa shape index (κ2) is 5.85. The van der Waals surface area contributed by atoms with Crippen molar-refractivity contribution in [3.05, 3.63) is 58.6 Å². The smallest absolute Gasteiger partial charge is 0.288 e. The number of benzene rings is 2. The monoisotopic (exact) mass is 420 g/mol. The lowest BCUT2D eigenvalue weighted by atomic mass is 10.1. The fraction of sp³-hybridized carbons (Fsp3) is 0.278. The summed E-state index contributed by atoms with van der Waals surface area (Å²) < 4.78 is 25.4. The highest BCUT2D eigenvalue weighted by atomic mass is 79.9. The molecule has 0 radical (unpaired) electrons. The van der Waals surface area contributed by atoms with Gasteiger partial charge in [0.1, 0.15) is 0 Å². The highest BCUT2D eigenvalue weighted by Crippen LogP contribution is 2.39. The molecule has 2 atom stereocenters. The minimum Gasteiger partial charge on any atom is -0.288 e. The first-order chi connectivity index (χ1) is 11.9. The number of hydrogen-bond donors (Lipinski definition) is 0. The number of amides is 2. The minimum atomic E-state index is -3.18. The van der Waals surface area contributed by atoms with Gasteiger partial charge in [-0.15, -0.1) is 0 Å². The van der Waals surface area contributed by atoms with E-state index in [-0.39, 0.29) is 29.6 Å². The van der Waals surface area contributed by atoms with Crippen LogP contribution < -0.4 is 9.80 Å². The Morgan fingerprint density at radius 1 is 1.00 bits per heavy atom. The third-order valence-electron chi connectivity index (χ3n) is 4.83. The Bertz CT molecular complexity index is 960. The van der Waals surface area contributed by atoms with Crippen LogP contribution in [0.3, 0.4) is 0 Å². The number of urea groups is 1. The quantitative estimate of drug-likeness (QED) is 0.699. The van der Waals surface area contributed by atoms with Crippen molar-refractivity contribution < 1.29 is 13.2 Å². The fourth-order valence-corrected chi connectivity index (χ4v) is 6.05. The van der Waals surface area contributed by atoms with Crippen LogP contribution in [0.15, 0.2) is 53.0 Å². The van der Waals surface area contributed by atoms with Gasteiger partial charge in [-0.05, 0) is 36.8 Å². The zero-order valence-electron chi connectivity index (χ0n) is 13.6. The SMILES string of the molecule is Cc1ccccc1N1C(=O)N(c2cccc(Br)c2)[C@H]2CS(=O)(=O)C[C@H]21. The summed E-state index contributed by atoms with van der Waals surface area (Å²) >= 11 is 3.43. The van der Waals surface area contributed by atoms with Crippen LogP contribution in [0.25, 0.3) is 0 Å². The summed E-state index contributed by atoms with van der Waals surface area (Å²) in [6.45, 7) is 1.93. The zero-order chi connectivity index (χ0) is 17.8. The van der Waals surface area contributed by atoms with E-state index in [9.17, 15) is 13.2 Å². The molecule has 0 aliphatic carbocycles. The van der Waals surface area contributed by atoms with Crippen LogP contribution in [0.2, 0.25) is 0 Å². The lowest BCUT2D eigenvalue weighted by molar-refractivity contribution is 0.255. The van der Waals surface area contributed by atoms with Gasteiger partial charge in [0.2, 0.25) is 0 Å². The maximum atomic E-state index is 13.2. The van der Waals surface area contributed by atoms with Crippen molar-refractivity contribution in [2.45, 2.75) is 19.0 Å². The Morgan fingerprint density at radius 2 is 1.68 bits per heavy atom. The molecule has 25 heavy (non-hydrogen) atoms. The molecule has 0 saturated carbocycles. The molecule has 2 saturated heterocycles. The number of anilines is 2. The van der Waals surface area contributed by atoms with Gasteiger partial charge in [-0.1, -0.05) is 40.2 Å². The van der Waals surface area contributed by atoms with Crippen LogP contribution in [0.5, 0.6) is 0 Å². The van der Waals surface area contributed by atoms with Crippen molar-refractivity contribution in [2.75, 3.05) is 21.3 Å². The summed E-state index contributed by atoms with van der Waals surface area (Å²) in [7, 11) is -3.18. The summed E-state index contributed by atoms with van der Waals surface area (Å²) in [6, 6.07) is 14.1. The molecule has 130 valence electrons. The number of para-hydroxylation sites is 1. The molecule has 0 bridgehead atoms. The number of aryl methyl sites for hydroxylation is 1. The first kappa shape index (κ1) is 16.6. The number of carbonyl (C=O) groups is 1. The lowest BCUT2D eigenvalue weighted by Crippen LogP contribution is -2.38. The summed E-state index contributed by atoms with van der Waals surface area (Å²) in [6.07, 6.45) is 0. The van der Waals surface area contributed by atoms with E-state index in [2.05, 4.69) is 15.9 Å². The first-order valence-corrected chi connectivity index (χ1v) is 10.6. The average Bonchev–Trinajstić information content (AvgIpc) is 2.97. The number of rotatable bonds is 2. The molecule has 2 aliphatic heterocycles. The maximum Gasteiger partial charge on any atom is 0.329 e. The van der Waals surface area contributed by atoms with Crippen molar-refractivity contribution in [3.8, 4) is 0 Å². The summed E-state index contributed by atoms with van der Waals surface area (Å²) in [5.41, 5.74) is 2.44. The van der Waals surface area contributed by atoms with Crippen molar-refractivity contribution in [3.63, 3.8) is 0 Å². The molecule has 5 nitrogen and oxygen atoms in total. The van der Waals surface area contributed by atoms with E-state index < -0.39 is 9.84 Å². The van der Waals surface area contributed by atoms with E-state index in [0.717, 1.165) is 15.7 Å². The molecule has 2 aromatic rings. The van der Waals surface area contributed by atoms with Gasteiger partial charge >= 0.3 is 6.03 Å². The number of nitrogens with zero attached hydrogens (tertiary/aromatic N) is 2. The van der Waals surface area contributed by atoms with Crippen molar-refractivity contribution >= 4 is 43.2 Å². The topological polar surface area (TPSA) is 57.7 Å². The molecular formula is C18H17BrN2O3S. The van der Waals surface area contributed by atoms with E-state index in [4.69, 9.17) is 0 Å². The Balaban J connectivity index is 1.84. The van der Waals surface area contributed by atoms with E-state index in [1.54, 1.807) is 9.80 Å². The summed E-state index contributed by atoms with van der Waals surface area (Å²) in [5.74, 6) is 0.000541. The van der Waals surface area contributed by atoms with E-state index in [1.165, 1.54) is 0 Å². The molecule has 0 spiro atoms. The largest absolute Gasteiger partial charge is 0.329 e. The van der Waals surface area contributed by atoms with Gasteiger partial charge in [0.25, 0.3) is 0 Å². The second-order valence-electron chi connectivity index (χ2n) is 6.50. The highest BCUT2D eigenvalue weighted by molar-refractivity contribution is 9.10. The van der Waals surface area contributed by atoms with Crippen LogP contribution in [0.4, 0.5) is 16.2 Å². The zero-order valence-corrected chi connectivity index (χ0v) is 16.0. The molecular weight excluding hydrogens is 404 g/mol. The highest BCUT2D eigenvalue weighted by Gasteiger charge is 2.54. The molecule has 2 fully saturated rings. The Labute approximate surface area is 155 Å². The number of halogens is 1. The predicted octanol–water partition coefficient (Wildman–Crippen LogP) is 3.37. The predicted molar refractivity (Wildman–Crippen MR) is 102 cm³/mol. The Kier molecular flexibility index (Phi) is 3.88. The minimum absolute atomic E-state index is 0.00169. The standard InChI is InChI=1S/C18H17BrN2O3S/c1-12-5-2-3-8-15(12)21-17-11-25(23,24)10-16(17)20(18(21)22)14-7-4-6-13(19)9-14/h2-9,16-17H,10-11H2,1H3/t16-,17+/m0/s1. The second-order valence-corrected chi connectivity index (χ2v) is 9.57. The number of carbonyl (C=O) groups excluding carboxylic acids is 1. The van der Waals surface area contributed by atoms with E-state index in [1.807, 2.05) is 55.5 Å². The normalized spacial score (nSPS) is 24.6. The molecule has 2 amide bonds. The summed E-state index contributed by atoms with van der Waals surface area (Å²) in [4.78, 5) is 16.5. The van der Waals surface area contributed by atoms with Crippen molar-refractivity contribution in [1.29, 1.82) is 0 Å². The molecule has 2 aromatic carbocycles. The van der Waals surface area contributed by atoms with Gasteiger partial charge in [-0.25, -0.2) is 13.2 Å². The third-order valence-corrected chi connectivity index (χ3v) is 7.02. The van der Waals surface area contributed by atoms with Gasteiger partial charge in [0.15, 0.2) is 9.84 Å². The van der Waals surface area contributed by atoms with Gasteiger partial charge in [-0.2, -0.15) is 0 Å².